The van der Waals surface area contributed by atoms with E-state index in [4.69, 9.17) is 4.74 Å². The summed E-state index contributed by atoms with van der Waals surface area (Å²) in [5, 5.41) is 2.93. The maximum atomic E-state index is 12.2. The first-order chi connectivity index (χ1) is 11.1. The fraction of sp³-hybridized carbons (Fsp3) is 0.647. The Kier molecular flexibility index (Phi) is 5.13. The monoisotopic (exact) mass is 319 g/mol. The molecule has 0 aromatic carbocycles. The highest BCUT2D eigenvalue weighted by Crippen LogP contribution is 2.21. The highest BCUT2D eigenvalue weighted by molar-refractivity contribution is 5.93. The first-order valence-corrected chi connectivity index (χ1v) is 8.41. The van der Waals surface area contributed by atoms with Crippen LogP contribution in [0.5, 0.6) is 0 Å². The Labute approximate surface area is 136 Å². The van der Waals surface area contributed by atoms with Gasteiger partial charge in [-0.2, -0.15) is 0 Å². The molecule has 0 bridgehead atoms. The summed E-state index contributed by atoms with van der Waals surface area (Å²) in [7, 11) is 1.65. The Morgan fingerprint density at radius 1 is 1.35 bits per heavy atom. The predicted octanol–water partition coefficient (Wildman–Crippen LogP) is 0.616. The molecule has 0 spiro atoms. The van der Waals surface area contributed by atoms with E-state index in [0.717, 1.165) is 45.6 Å². The molecular weight excluding hydrogens is 294 g/mol. The van der Waals surface area contributed by atoms with E-state index in [1.807, 2.05) is 0 Å². The summed E-state index contributed by atoms with van der Waals surface area (Å²) in [6.45, 7) is 4.53. The van der Waals surface area contributed by atoms with Crippen LogP contribution in [-0.4, -0.2) is 54.3 Å². The number of pyridine rings is 1. The second-order valence-electron chi connectivity index (χ2n) is 6.54. The lowest BCUT2D eigenvalue weighted by molar-refractivity contribution is 0.0909. The minimum Gasteiger partial charge on any atom is -0.380 e. The summed E-state index contributed by atoms with van der Waals surface area (Å²) in [6.07, 6.45) is 4.97. The maximum absolute atomic E-state index is 12.2. The van der Waals surface area contributed by atoms with E-state index in [-0.39, 0.29) is 17.0 Å². The minimum atomic E-state index is -0.266. The third-order valence-electron chi connectivity index (χ3n) is 4.99. The highest BCUT2D eigenvalue weighted by Gasteiger charge is 2.27. The zero-order valence-electron chi connectivity index (χ0n) is 13.7. The molecule has 0 saturated carbocycles. The van der Waals surface area contributed by atoms with E-state index in [2.05, 4.69) is 10.2 Å². The molecule has 6 heteroatoms. The van der Waals surface area contributed by atoms with Gasteiger partial charge in [0.2, 0.25) is 0 Å². The maximum Gasteiger partial charge on any atom is 0.263 e. The summed E-state index contributed by atoms with van der Waals surface area (Å²) in [5.41, 5.74) is -0.0309. The van der Waals surface area contributed by atoms with E-state index in [1.54, 1.807) is 25.4 Å². The molecule has 1 N–H and O–H groups in total. The second-order valence-corrected chi connectivity index (χ2v) is 6.54. The van der Waals surface area contributed by atoms with Gasteiger partial charge in [0.05, 0.1) is 6.61 Å². The number of nitrogens with one attached hydrogen (secondary N) is 1. The standard InChI is InChI=1S/C17H25N3O3/c1-19-7-2-3-15(17(19)22)16(21)18-11-13-4-8-20(9-5-13)14-6-10-23-12-14/h2-3,7,13-14H,4-6,8-12H2,1H3,(H,18,21). The van der Waals surface area contributed by atoms with Crippen molar-refractivity contribution in [3.8, 4) is 0 Å². The van der Waals surface area contributed by atoms with Crippen LogP contribution in [0.4, 0.5) is 0 Å². The lowest BCUT2D eigenvalue weighted by Crippen LogP contribution is -2.44. The molecule has 2 aliphatic heterocycles. The SMILES string of the molecule is Cn1cccc(C(=O)NCC2CCN(C3CCOC3)CC2)c1=O. The van der Waals surface area contributed by atoms with Gasteiger partial charge in [0.1, 0.15) is 5.56 Å². The van der Waals surface area contributed by atoms with Crippen molar-refractivity contribution in [3.05, 3.63) is 34.2 Å². The van der Waals surface area contributed by atoms with Gasteiger partial charge in [-0.15, -0.1) is 0 Å². The van der Waals surface area contributed by atoms with Crippen LogP contribution in [-0.2, 0) is 11.8 Å². The molecule has 2 fully saturated rings. The van der Waals surface area contributed by atoms with Crippen molar-refractivity contribution in [2.45, 2.75) is 25.3 Å². The second kappa shape index (κ2) is 7.27. The first kappa shape index (κ1) is 16.2. The molecule has 2 aliphatic rings. The largest absolute Gasteiger partial charge is 0.380 e. The average Bonchev–Trinajstić information content (AvgIpc) is 3.10. The van der Waals surface area contributed by atoms with E-state index in [0.29, 0.717) is 18.5 Å². The molecular formula is C17H25N3O3. The number of hydrogen-bond acceptors (Lipinski definition) is 4. The third-order valence-corrected chi connectivity index (χ3v) is 4.99. The van der Waals surface area contributed by atoms with E-state index < -0.39 is 0 Å². The zero-order valence-corrected chi connectivity index (χ0v) is 13.7. The van der Waals surface area contributed by atoms with Gasteiger partial charge in [-0.25, -0.2) is 0 Å². The van der Waals surface area contributed by atoms with Crippen LogP contribution in [0.2, 0.25) is 0 Å². The normalized spacial score (nSPS) is 23.1. The molecule has 126 valence electrons. The van der Waals surface area contributed by atoms with E-state index in [1.165, 1.54) is 4.57 Å². The average molecular weight is 319 g/mol. The van der Waals surface area contributed by atoms with E-state index >= 15 is 0 Å². The first-order valence-electron chi connectivity index (χ1n) is 8.41. The van der Waals surface area contributed by atoms with Crippen LogP contribution in [0, 0.1) is 5.92 Å². The fourth-order valence-corrected chi connectivity index (χ4v) is 3.43. The van der Waals surface area contributed by atoms with Gasteiger partial charge in [0.15, 0.2) is 0 Å². The van der Waals surface area contributed by atoms with Crippen LogP contribution >= 0.6 is 0 Å². The van der Waals surface area contributed by atoms with Crippen molar-refractivity contribution in [2.75, 3.05) is 32.8 Å². The number of carbonyl (C=O) groups is 1. The molecule has 1 aromatic heterocycles. The number of aromatic nitrogens is 1. The molecule has 0 radical (unpaired) electrons. The van der Waals surface area contributed by atoms with Crippen LogP contribution < -0.4 is 10.9 Å². The fourth-order valence-electron chi connectivity index (χ4n) is 3.43. The van der Waals surface area contributed by atoms with Crippen LogP contribution in [0.1, 0.15) is 29.6 Å². The molecule has 3 heterocycles. The number of hydrogen-bond donors (Lipinski definition) is 1. The summed E-state index contributed by atoms with van der Waals surface area (Å²) in [5.74, 6) is 0.225. The Balaban J connectivity index is 1.47. The Bertz CT molecular complexity index is 599. The summed E-state index contributed by atoms with van der Waals surface area (Å²) >= 11 is 0. The molecule has 1 atom stereocenters. The predicted molar refractivity (Wildman–Crippen MR) is 87.5 cm³/mol. The quantitative estimate of drug-likeness (QED) is 0.883. The van der Waals surface area contributed by atoms with Gasteiger partial charge in [-0.05, 0) is 50.4 Å². The number of carbonyl (C=O) groups excluding carboxylic acids is 1. The van der Waals surface area contributed by atoms with Crippen molar-refractivity contribution < 1.29 is 9.53 Å². The van der Waals surface area contributed by atoms with Crippen LogP contribution in [0.25, 0.3) is 0 Å². The molecule has 1 amide bonds. The number of ether oxygens (including phenoxy) is 1. The Morgan fingerprint density at radius 3 is 2.83 bits per heavy atom. The number of likely N-dealkylation sites (tertiary alicyclic amines) is 1. The number of aryl methyl sites for hydroxylation is 1. The lowest BCUT2D eigenvalue weighted by atomic mass is 9.95. The topological polar surface area (TPSA) is 63.6 Å². The van der Waals surface area contributed by atoms with Crippen LogP contribution in [0.15, 0.2) is 23.1 Å². The van der Waals surface area contributed by atoms with Gasteiger partial charge in [0.25, 0.3) is 11.5 Å². The molecule has 0 aliphatic carbocycles. The number of nitrogens with zero attached hydrogens (tertiary/aromatic N) is 2. The summed E-state index contributed by atoms with van der Waals surface area (Å²) < 4.78 is 6.88. The van der Waals surface area contributed by atoms with Crippen LogP contribution in [0.3, 0.4) is 0 Å². The van der Waals surface area contributed by atoms with E-state index in [9.17, 15) is 9.59 Å². The molecule has 6 nitrogen and oxygen atoms in total. The van der Waals surface area contributed by atoms with Gasteiger partial charge >= 0.3 is 0 Å². The van der Waals surface area contributed by atoms with Gasteiger partial charge in [0, 0.05) is 32.4 Å². The van der Waals surface area contributed by atoms with Crippen molar-refractivity contribution in [1.82, 2.24) is 14.8 Å². The zero-order chi connectivity index (χ0) is 16.2. The lowest BCUT2D eigenvalue weighted by Gasteiger charge is -2.35. The molecule has 1 aromatic rings. The Morgan fingerprint density at radius 2 is 2.13 bits per heavy atom. The van der Waals surface area contributed by atoms with Crippen molar-refractivity contribution >= 4 is 5.91 Å². The van der Waals surface area contributed by atoms with Gasteiger partial charge in [-0.3, -0.25) is 14.5 Å². The van der Waals surface area contributed by atoms with Crippen molar-refractivity contribution in [1.29, 1.82) is 0 Å². The number of rotatable bonds is 4. The van der Waals surface area contributed by atoms with Gasteiger partial charge in [-0.1, -0.05) is 0 Å². The summed E-state index contributed by atoms with van der Waals surface area (Å²) in [6, 6.07) is 3.89. The smallest absolute Gasteiger partial charge is 0.263 e. The molecule has 23 heavy (non-hydrogen) atoms. The number of amides is 1. The number of piperidine rings is 1. The Hall–Kier alpha value is -1.66. The molecule has 3 rings (SSSR count). The minimum absolute atomic E-state index is 0.218. The molecule has 1 unspecified atom stereocenters. The summed E-state index contributed by atoms with van der Waals surface area (Å²) in [4.78, 5) is 26.6. The highest BCUT2D eigenvalue weighted by atomic mass is 16.5. The van der Waals surface area contributed by atoms with Crippen molar-refractivity contribution in [2.24, 2.45) is 13.0 Å². The molecule has 2 saturated heterocycles. The van der Waals surface area contributed by atoms with Crippen molar-refractivity contribution in [3.63, 3.8) is 0 Å². The third kappa shape index (κ3) is 3.82. The van der Waals surface area contributed by atoms with Gasteiger partial charge < -0.3 is 14.6 Å².